The Kier molecular flexibility index (Phi) is 3.85. The first-order chi connectivity index (χ1) is 10.5. The summed E-state index contributed by atoms with van der Waals surface area (Å²) in [7, 11) is 0. The Morgan fingerprint density at radius 2 is 1.91 bits per heavy atom. The second kappa shape index (κ2) is 5.67. The summed E-state index contributed by atoms with van der Waals surface area (Å²) in [6.45, 7) is 1.90. The molecule has 0 unspecified atom stereocenters. The monoisotopic (exact) mass is 301 g/mol. The van der Waals surface area contributed by atoms with E-state index in [0.717, 1.165) is 12.8 Å². The van der Waals surface area contributed by atoms with E-state index >= 15 is 0 Å². The van der Waals surface area contributed by atoms with Crippen molar-refractivity contribution in [1.82, 2.24) is 5.32 Å². The molecule has 1 atom stereocenters. The van der Waals surface area contributed by atoms with E-state index in [2.05, 4.69) is 5.32 Å². The zero-order chi connectivity index (χ0) is 15.7. The van der Waals surface area contributed by atoms with Gasteiger partial charge in [-0.25, -0.2) is 4.39 Å². The second-order valence-electron chi connectivity index (χ2n) is 6.40. The molecule has 4 heteroatoms. The molecule has 1 aliphatic heterocycles. The Hall–Kier alpha value is -1.97. The minimum absolute atomic E-state index is 0.0792. The predicted molar refractivity (Wildman–Crippen MR) is 81.6 cm³/mol. The maximum absolute atomic E-state index is 13.8. The van der Waals surface area contributed by atoms with Gasteiger partial charge in [0.05, 0.1) is 0 Å². The molecule has 1 aromatic rings. The van der Waals surface area contributed by atoms with Crippen LogP contribution < -0.4 is 5.32 Å². The van der Waals surface area contributed by atoms with Crippen molar-refractivity contribution in [3.8, 4) is 0 Å². The highest BCUT2D eigenvalue weighted by molar-refractivity contribution is 6.14. The lowest BCUT2D eigenvalue weighted by Gasteiger charge is -2.30. The molecule has 1 aliphatic carbocycles. The third kappa shape index (κ3) is 2.47. The van der Waals surface area contributed by atoms with Crippen molar-refractivity contribution in [2.75, 3.05) is 0 Å². The molecule has 1 aromatic carbocycles. The van der Waals surface area contributed by atoms with Crippen LogP contribution in [0.2, 0.25) is 0 Å². The fraction of sp³-hybridized carbons (Fsp3) is 0.444. The molecule has 0 radical (unpaired) electrons. The summed E-state index contributed by atoms with van der Waals surface area (Å²) in [5.74, 6) is -0.604. The summed E-state index contributed by atoms with van der Waals surface area (Å²) in [5.41, 5.74) is 0.375. The first-order valence-corrected chi connectivity index (χ1v) is 7.84. The highest BCUT2D eigenvalue weighted by Gasteiger charge is 2.48. The number of rotatable bonds is 3. The number of hydrogen-bond donors (Lipinski definition) is 1. The fourth-order valence-corrected chi connectivity index (χ4v) is 3.59. The molecule has 22 heavy (non-hydrogen) atoms. The van der Waals surface area contributed by atoms with E-state index in [1.54, 1.807) is 24.3 Å². The predicted octanol–water partition coefficient (Wildman–Crippen LogP) is 3.46. The normalized spacial score (nSPS) is 21.6. The van der Waals surface area contributed by atoms with Crippen LogP contribution in [0.3, 0.4) is 0 Å². The molecule has 3 nitrogen and oxygen atoms in total. The zero-order valence-corrected chi connectivity index (χ0v) is 12.7. The fourth-order valence-electron chi connectivity index (χ4n) is 3.59. The Morgan fingerprint density at radius 1 is 1.23 bits per heavy atom. The number of hydrogen-bond acceptors (Lipinski definition) is 2. The summed E-state index contributed by atoms with van der Waals surface area (Å²) in [6.07, 6.45) is 5.15. The van der Waals surface area contributed by atoms with Gasteiger partial charge in [0.1, 0.15) is 11.2 Å². The topological polar surface area (TPSA) is 46.2 Å². The molecule has 1 saturated carbocycles. The lowest BCUT2D eigenvalue weighted by molar-refractivity contribution is -0.140. The SMILES string of the molecule is C[C@H](CC1=CC(=O)C2(CCCC2)C(=O)N1)c1ccccc1F. The zero-order valence-electron chi connectivity index (χ0n) is 12.7. The molecule has 116 valence electrons. The number of carbonyl (C=O) groups excluding carboxylic acids is 2. The Bertz CT molecular complexity index is 644. The summed E-state index contributed by atoms with van der Waals surface area (Å²) in [5, 5.41) is 2.88. The van der Waals surface area contributed by atoms with Crippen LogP contribution in [0.1, 0.15) is 50.5 Å². The third-order valence-corrected chi connectivity index (χ3v) is 4.91. The highest BCUT2D eigenvalue weighted by Crippen LogP contribution is 2.42. The molecule has 1 fully saturated rings. The number of ketones is 1. The van der Waals surface area contributed by atoms with E-state index in [1.165, 1.54) is 6.07 Å². The van der Waals surface area contributed by atoms with Crippen LogP contribution in [0.15, 0.2) is 36.0 Å². The quantitative estimate of drug-likeness (QED) is 0.869. The molecular formula is C18H20FNO2. The van der Waals surface area contributed by atoms with Crippen molar-refractivity contribution in [2.45, 2.75) is 44.9 Å². The van der Waals surface area contributed by atoms with Crippen molar-refractivity contribution in [2.24, 2.45) is 5.41 Å². The van der Waals surface area contributed by atoms with E-state index in [4.69, 9.17) is 0 Å². The van der Waals surface area contributed by atoms with Gasteiger partial charge in [0.2, 0.25) is 5.91 Å². The van der Waals surface area contributed by atoms with Crippen LogP contribution in [0.5, 0.6) is 0 Å². The standard InChI is InChI=1S/C18H20FNO2/c1-12(14-6-2-3-7-15(14)19)10-13-11-16(21)18(17(22)20-13)8-4-5-9-18/h2-3,6-7,11-12H,4-5,8-10H2,1H3,(H,20,22)/t12-/m1/s1. The highest BCUT2D eigenvalue weighted by atomic mass is 19.1. The maximum Gasteiger partial charge on any atom is 0.238 e. The van der Waals surface area contributed by atoms with Gasteiger partial charge in [0.25, 0.3) is 0 Å². The minimum Gasteiger partial charge on any atom is -0.329 e. The second-order valence-corrected chi connectivity index (χ2v) is 6.40. The molecule has 3 rings (SSSR count). The Balaban J connectivity index is 1.78. The average molecular weight is 301 g/mol. The number of halogens is 1. The smallest absolute Gasteiger partial charge is 0.238 e. The maximum atomic E-state index is 13.8. The average Bonchev–Trinajstić information content (AvgIpc) is 2.96. The number of amides is 1. The van der Waals surface area contributed by atoms with E-state index in [-0.39, 0.29) is 23.4 Å². The van der Waals surface area contributed by atoms with Crippen molar-refractivity contribution >= 4 is 11.7 Å². The van der Waals surface area contributed by atoms with Gasteiger partial charge in [-0.15, -0.1) is 0 Å². The molecule has 1 heterocycles. The van der Waals surface area contributed by atoms with Crippen molar-refractivity contribution < 1.29 is 14.0 Å². The molecular weight excluding hydrogens is 281 g/mol. The molecule has 1 spiro atoms. The molecule has 0 saturated heterocycles. The molecule has 1 amide bonds. The number of carbonyl (C=O) groups is 2. The Labute approximate surface area is 129 Å². The van der Waals surface area contributed by atoms with Crippen molar-refractivity contribution in [1.29, 1.82) is 0 Å². The number of allylic oxidation sites excluding steroid dienone is 2. The van der Waals surface area contributed by atoms with E-state index in [1.807, 2.05) is 6.92 Å². The van der Waals surface area contributed by atoms with Gasteiger partial charge in [0.15, 0.2) is 5.78 Å². The molecule has 0 aromatic heterocycles. The first kappa shape index (κ1) is 14.9. The lowest BCUT2D eigenvalue weighted by atomic mass is 9.77. The first-order valence-electron chi connectivity index (χ1n) is 7.84. The largest absolute Gasteiger partial charge is 0.329 e. The van der Waals surface area contributed by atoms with Gasteiger partial charge in [0, 0.05) is 11.8 Å². The van der Waals surface area contributed by atoms with E-state index in [0.29, 0.717) is 30.5 Å². The van der Waals surface area contributed by atoms with E-state index < -0.39 is 5.41 Å². The van der Waals surface area contributed by atoms with E-state index in [9.17, 15) is 14.0 Å². The van der Waals surface area contributed by atoms with Crippen molar-refractivity contribution in [3.05, 3.63) is 47.4 Å². The lowest BCUT2D eigenvalue weighted by Crippen LogP contribution is -2.47. The van der Waals surface area contributed by atoms with Gasteiger partial charge in [-0.05, 0) is 36.8 Å². The van der Waals surface area contributed by atoms with Gasteiger partial charge < -0.3 is 5.32 Å². The van der Waals surface area contributed by atoms with Crippen LogP contribution in [-0.4, -0.2) is 11.7 Å². The summed E-state index contributed by atoms with van der Waals surface area (Å²) in [4.78, 5) is 24.8. The van der Waals surface area contributed by atoms with Crippen LogP contribution in [-0.2, 0) is 9.59 Å². The van der Waals surface area contributed by atoms with Crippen LogP contribution in [0.4, 0.5) is 4.39 Å². The third-order valence-electron chi connectivity index (χ3n) is 4.91. The van der Waals surface area contributed by atoms with Gasteiger partial charge in [-0.3, -0.25) is 9.59 Å². The van der Waals surface area contributed by atoms with Crippen LogP contribution in [0, 0.1) is 11.2 Å². The van der Waals surface area contributed by atoms with Crippen LogP contribution >= 0.6 is 0 Å². The van der Waals surface area contributed by atoms with Gasteiger partial charge >= 0.3 is 0 Å². The van der Waals surface area contributed by atoms with Gasteiger partial charge in [-0.2, -0.15) is 0 Å². The van der Waals surface area contributed by atoms with Crippen LogP contribution in [0.25, 0.3) is 0 Å². The number of nitrogens with one attached hydrogen (secondary N) is 1. The van der Waals surface area contributed by atoms with Crippen molar-refractivity contribution in [3.63, 3.8) is 0 Å². The molecule has 1 N–H and O–H groups in total. The summed E-state index contributed by atoms with van der Waals surface area (Å²) < 4.78 is 13.8. The summed E-state index contributed by atoms with van der Waals surface area (Å²) in [6, 6.07) is 6.62. The summed E-state index contributed by atoms with van der Waals surface area (Å²) >= 11 is 0. The Morgan fingerprint density at radius 3 is 2.55 bits per heavy atom. The minimum atomic E-state index is -0.829. The molecule has 0 bridgehead atoms. The van der Waals surface area contributed by atoms with Gasteiger partial charge in [-0.1, -0.05) is 38.0 Å². The molecule has 2 aliphatic rings. The number of benzene rings is 1.